The van der Waals surface area contributed by atoms with Gasteiger partial charge in [0.25, 0.3) is 0 Å². The van der Waals surface area contributed by atoms with Crippen molar-refractivity contribution in [1.29, 1.82) is 0 Å². The van der Waals surface area contributed by atoms with Gasteiger partial charge in [0.05, 0.1) is 5.92 Å². The Balaban J connectivity index is 2.56. The molecule has 18 heavy (non-hydrogen) atoms. The van der Waals surface area contributed by atoms with E-state index in [0.717, 1.165) is 11.8 Å². The number of rotatable bonds is 5. The number of carbonyl (C=O) groups is 2. The lowest BCUT2D eigenvalue weighted by Gasteiger charge is -2.12. The number of carbonyl (C=O) groups excluding carboxylic acids is 2. The zero-order chi connectivity index (χ0) is 13.5. The molecule has 0 aliphatic carbocycles. The number of nitrogen functional groups attached to an aromatic ring is 1. The molecule has 1 aromatic carbocycles. The van der Waals surface area contributed by atoms with Crippen LogP contribution in [-0.4, -0.2) is 16.8 Å². The number of nitrogens with two attached hydrogens (primary N) is 1. The fraction of sp³-hybridized carbons (Fsp3) is 0.385. The fourth-order valence-corrected chi connectivity index (χ4v) is 2.11. The predicted octanol–water partition coefficient (Wildman–Crippen LogP) is 2.48. The van der Waals surface area contributed by atoms with Gasteiger partial charge in [-0.05, 0) is 30.7 Å². The van der Waals surface area contributed by atoms with Crippen LogP contribution in [0.4, 0.5) is 5.69 Å². The number of benzene rings is 1. The lowest BCUT2D eigenvalue weighted by Crippen LogP contribution is -2.22. The third-order valence-electron chi connectivity index (χ3n) is 2.41. The van der Waals surface area contributed by atoms with E-state index >= 15 is 0 Å². The molecule has 0 radical (unpaired) electrons. The van der Waals surface area contributed by atoms with Crippen LogP contribution in [0.1, 0.15) is 20.3 Å². The quantitative estimate of drug-likeness (QED) is 0.504. The lowest BCUT2D eigenvalue weighted by molar-refractivity contribution is -0.138. The normalized spacial score (nSPS) is 11.9. The Kier molecular flexibility index (Phi) is 5.71. The van der Waals surface area contributed by atoms with Gasteiger partial charge >= 0.3 is 5.97 Å². The molecule has 4 nitrogen and oxygen atoms in total. The first-order valence-corrected chi connectivity index (χ1v) is 6.72. The SMILES string of the molecule is CCC(CSC(C)=O)C(=O)Oc1ccc(N)cc1. The summed E-state index contributed by atoms with van der Waals surface area (Å²) in [5.74, 6) is 0.354. The van der Waals surface area contributed by atoms with Crippen molar-refractivity contribution in [3.05, 3.63) is 24.3 Å². The van der Waals surface area contributed by atoms with E-state index in [1.807, 2.05) is 6.92 Å². The Morgan fingerprint density at radius 1 is 1.33 bits per heavy atom. The van der Waals surface area contributed by atoms with Crippen molar-refractivity contribution >= 4 is 28.5 Å². The van der Waals surface area contributed by atoms with E-state index in [9.17, 15) is 9.59 Å². The van der Waals surface area contributed by atoms with Crippen LogP contribution in [0.15, 0.2) is 24.3 Å². The second-order valence-corrected chi connectivity index (χ2v) is 5.09. The molecule has 0 heterocycles. The second kappa shape index (κ2) is 7.06. The van der Waals surface area contributed by atoms with Gasteiger partial charge in [-0.15, -0.1) is 0 Å². The van der Waals surface area contributed by atoms with Crippen LogP contribution in [0.25, 0.3) is 0 Å². The van der Waals surface area contributed by atoms with Crippen molar-refractivity contribution in [3.63, 3.8) is 0 Å². The van der Waals surface area contributed by atoms with E-state index in [4.69, 9.17) is 10.5 Å². The van der Waals surface area contributed by atoms with Crippen LogP contribution in [-0.2, 0) is 9.59 Å². The minimum Gasteiger partial charge on any atom is -0.426 e. The fourth-order valence-electron chi connectivity index (χ4n) is 1.31. The highest BCUT2D eigenvalue weighted by Gasteiger charge is 2.19. The van der Waals surface area contributed by atoms with Crippen LogP contribution in [0.5, 0.6) is 5.75 Å². The molecule has 2 N–H and O–H groups in total. The summed E-state index contributed by atoms with van der Waals surface area (Å²) in [6, 6.07) is 6.65. The molecule has 0 aliphatic heterocycles. The van der Waals surface area contributed by atoms with Gasteiger partial charge < -0.3 is 10.5 Å². The van der Waals surface area contributed by atoms with Crippen LogP contribution >= 0.6 is 11.8 Å². The number of ether oxygens (including phenoxy) is 1. The molecule has 0 fully saturated rings. The number of hydrogen-bond acceptors (Lipinski definition) is 5. The summed E-state index contributed by atoms with van der Waals surface area (Å²) in [5, 5.41) is 0.00809. The number of thioether (sulfide) groups is 1. The molecule has 0 aromatic heterocycles. The molecule has 1 unspecified atom stereocenters. The molecule has 0 saturated heterocycles. The van der Waals surface area contributed by atoms with Crippen LogP contribution in [0.3, 0.4) is 0 Å². The average molecular weight is 267 g/mol. The molecule has 1 rings (SSSR count). The highest BCUT2D eigenvalue weighted by Crippen LogP contribution is 2.18. The van der Waals surface area contributed by atoms with Gasteiger partial charge in [-0.1, -0.05) is 18.7 Å². The summed E-state index contributed by atoms with van der Waals surface area (Å²) in [5.41, 5.74) is 6.16. The number of esters is 1. The first kappa shape index (κ1) is 14.6. The molecule has 0 saturated carbocycles. The first-order chi connectivity index (χ1) is 8.52. The van der Waals surface area contributed by atoms with E-state index in [1.54, 1.807) is 24.3 Å². The maximum absolute atomic E-state index is 11.9. The van der Waals surface area contributed by atoms with Crippen LogP contribution < -0.4 is 10.5 Å². The summed E-state index contributed by atoms with van der Waals surface area (Å²) >= 11 is 1.15. The monoisotopic (exact) mass is 267 g/mol. The maximum atomic E-state index is 11.9. The number of hydrogen-bond donors (Lipinski definition) is 1. The zero-order valence-corrected chi connectivity index (χ0v) is 11.3. The van der Waals surface area contributed by atoms with Gasteiger partial charge in [0.2, 0.25) is 0 Å². The third-order valence-corrected chi connectivity index (χ3v) is 3.39. The smallest absolute Gasteiger partial charge is 0.315 e. The van der Waals surface area contributed by atoms with Gasteiger partial charge in [-0.25, -0.2) is 0 Å². The van der Waals surface area contributed by atoms with Gasteiger partial charge in [-0.2, -0.15) is 0 Å². The number of anilines is 1. The molecule has 0 bridgehead atoms. The largest absolute Gasteiger partial charge is 0.426 e. The molecule has 0 spiro atoms. The van der Waals surface area contributed by atoms with Crippen molar-refractivity contribution in [2.75, 3.05) is 11.5 Å². The molecule has 1 aromatic rings. The molecule has 0 aliphatic rings. The minimum atomic E-state index is -0.309. The lowest BCUT2D eigenvalue weighted by atomic mass is 10.1. The third kappa shape index (κ3) is 4.79. The van der Waals surface area contributed by atoms with E-state index in [0.29, 0.717) is 23.6 Å². The Morgan fingerprint density at radius 2 is 1.94 bits per heavy atom. The first-order valence-electron chi connectivity index (χ1n) is 5.73. The average Bonchev–Trinajstić information content (AvgIpc) is 2.32. The highest BCUT2D eigenvalue weighted by molar-refractivity contribution is 8.13. The van der Waals surface area contributed by atoms with Gasteiger partial charge in [0.15, 0.2) is 5.12 Å². The molecule has 0 amide bonds. The Hall–Kier alpha value is -1.49. The van der Waals surface area contributed by atoms with Crippen molar-refractivity contribution < 1.29 is 14.3 Å². The minimum absolute atomic E-state index is 0.00809. The maximum Gasteiger partial charge on any atom is 0.315 e. The molecule has 1 atom stereocenters. The van der Waals surface area contributed by atoms with Gasteiger partial charge in [0, 0.05) is 18.4 Å². The van der Waals surface area contributed by atoms with Gasteiger partial charge in [-0.3, -0.25) is 9.59 Å². The zero-order valence-electron chi connectivity index (χ0n) is 10.5. The van der Waals surface area contributed by atoms with Crippen molar-refractivity contribution in [2.24, 2.45) is 5.92 Å². The summed E-state index contributed by atoms with van der Waals surface area (Å²) in [6.07, 6.45) is 0.647. The second-order valence-electron chi connectivity index (χ2n) is 3.90. The predicted molar refractivity (Wildman–Crippen MR) is 73.4 cm³/mol. The molecular weight excluding hydrogens is 250 g/mol. The van der Waals surface area contributed by atoms with Crippen LogP contribution in [0.2, 0.25) is 0 Å². The Labute approximate surface area is 111 Å². The topological polar surface area (TPSA) is 69.4 Å². The highest BCUT2D eigenvalue weighted by atomic mass is 32.2. The summed E-state index contributed by atoms with van der Waals surface area (Å²) < 4.78 is 5.24. The summed E-state index contributed by atoms with van der Waals surface area (Å²) in [4.78, 5) is 22.7. The van der Waals surface area contributed by atoms with Crippen molar-refractivity contribution in [1.82, 2.24) is 0 Å². The van der Waals surface area contributed by atoms with E-state index in [-0.39, 0.29) is 17.0 Å². The Bertz CT molecular complexity index is 417. The summed E-state index contributed by atoms with van der Waals surface area (Å²) in [6.45, 7) is 3.39. The van der Waals surface area contributed by atoms with Crippen LogP contribution in [0, 0.1) is 5.92 Å². The van der Waals surface area contributed by atoms with Crippen molar-refractivity contribution in [2.45, 2.75) is 20.3 Å². The summed E-state index contributed by atoms with van der Waals surface area (Å²) in [7, 11) is 0. The van der Waals surface area contributed by atoms with E-state index < -0.39 is 0 Å². The van der Waals surface area contributed by atoms with E-state index in [2.05, 4.69) is 0 Å². The molecule has 98 valence electrons. The Morgan fingerprint density at radius 3 is 2.44 bits per heavy atom. The van der Waals surface area contributed by atoms with Gasteiger partial charge in [0.1, 0.15) is 5.75 Å². The standard InChI is InChI=1S/C13H17NO3S/c1-3-10(8-18-9(2)15)13(16)17-12-6-4-11(14)5-7-12/h4-7,10H,3,8,14H2,1-2H3. The molecular formula is C13H17NO3S. The van der Waals surface area contributed by atoms with Crippen molar-refractivity contribution in [3.8, 4) is 5.75 Å². The van der Waals surface area contributed by atoms with E-state index in [1.165, 1.54) is 6.92 Å². The molecule has 5 heteroatoms.